The number of nitrogens with zero attached hydrogens (tertiary/aromatic N) is 3. The quantitative estimate of drug-likeness (QED) is 0.811. The number of carbonyl (C=O) groups is 2. The lowest BCUT2D eigenvalue weighted by Gasteiger charge is -2.13. The van der Waals surface area contributed by atoms with Gasteiger partial charge in [0.15, 0.2) is 5.16 Å². The number of imidazole rings is 1. The Bertz CT molecular complexity index is 732. The van der Waals surface area contributed by atoms with Gasteiger partial charge < -0.3 is 0 Å². The smallest absolute Gasteiger partial charge is 0.282 e. The third-order valence-corrected chi connectivity index (χ3v) is 4.40. The van der Waals surface area contributed by atoms with E-state index in [0.717, 1.165) is 16.3 Å². The molecular formula is C14H13F2N3O2S. The molecule has 0 aliphatic carbocycles. The molecule has 0 N–H and O–H groups in total. The molecule has 22 heavy (non-hydrogen) atoms. The van der Waals surface area contributed by atoms with Gasteiger partial charge >= 0.3 is 6.55 Å². The van der Waals surface area contributed by atoms with Crippen LogP contribution in [0.1, 0.15) is 19.4 Å². The Kier molecular flexibility index (Phi) is 4.10. The molecule has 1 saturated heterocycles. The predicted octanol–water partition coefficient (Wildman–Crippen LogP) is 2.67. The summed E-state index contributed by atoms with van der Waals surface area (Å²) >= 11 is 0.927. The first-order chi connectivity index (χ1) is 10.6. The van der Waals surface area contributed by atoms with E-state index in [-0.39, 0.29) is 22.7 Å². The average Bonchev–Trinajstić information content (AvgIpc) is 3.07. The molecule has 8 heteroatoms. The number of halogens is 2. The molecule has 3 rings (SSSR count). The Morgan fingerprint density at radius 3 is 2.82 bits per heavy atom. The summed E-state index contributed by atoms with van der Waals surface area (Å²) in [6, 6.07) is 6.58. The van der Waals surface area contributed by atoms with E-state index in [1.54, 1.807) is 24.3 Å². The molecule has 116 valence electrons. The van der Waals surface area contributed by atoms with Crippen molar-refractivity contribution in [2.45, 2.75) is 24.5 Å². The summed E-state index contributed by atoms with van der Waals surface area (Å²) in [6.45, 7) is -2.33. The summed E-state index contributed by atoms with van der Waals surface area (Å²) in [6.07, 6.45) is 1.02. The van der Waals surface area contributed by atoms with Gasteiger partial charge in [0.25, 0.3) is 0 Å². The Labute approximate surface area is 129 Å². The van der Waals surface area contributed by atoms with Gasteiger partial charge in [0, 0.05) is 13.0 Å². The van der Waals surface area contributed by atoms with Gasteiger partial charge in [0.2, 0.25) is 11.8 Å². The number of hydrogen-bond acceptors (Lipinski definition) is 4. The standard InChI is InChI=1S/C14H13F2N3O2S/c15-13(16)19-10-5-2-1-4-9(10)17-14(19)22-8-12(21)18-7-3-6-11(18)20/h1-2,4-5,13H,3,6-8H2. The third kappa shape index (κ3) is 2.70. The summed E-state index contributed by atoms with van der Waals surface area (Å²) in [4.78, 5) is 28.8. The highest BCUT2D eigenvalue weighted by Gasteiger charge is 2.27. The fraction of sp³-hybridized carbons (Fsp3) is 0.357. The summed E-state index contributed by atoms with van der Waals surface area (Å²) in [5, 5.41) is 0.0798. The number of benzene rings is 1. The SMILES string of the molecule is O=C1CCCN1C(=O)CSc1nc2ccccc2n1C(F)F. The second kappa shape index (κ2) is 6.04. The number of alkyl halides is 2. The molecule has 0 saturated carbocycles. The predicted molar refractivity (Wildman–Crippen MR) is 77.7 cm³/mol. The van der Waals surface area contributed by atoms with E-state index in [1.165, 1.54) is 4.90 Å². The van der Waals surface area contributed by atoms with Crippen LogP contribution in [-0.2, 0) is 9.59 Å². The molecular weight excluding hydrogens is 312 g/mol. The van der Waals surface area contributed by atoms with Crippen LogP contribution in [0.4, 0.5) is 8.78 Å². The molecule has 2 aromatic rings. The number of imide groups is 1. The van der Waals surface area contributed by atoms with Crippen molar-refractivity contribution in [3.8, 4) is 0 Å². The summed E-state index contributed by atoms with van der Waals surface area (Å²) in [5.74, 6) is -0.643. The van der Waals surface area contributed by atoms with Gasteiger partial charge in [-0.3, -0.25) is 19.1 Å². The van der Waals surface area contributed by atoms with Gasteiger partial charge in [-0.05, 0) is 18.6 Å². The van der Waals surface area contributed by atoms with Crippen LogP contribution in [0, 0.1) is 0 Å². The fourth-order valence-electron chi connectivity index (χ4n) is 2.43. The first-order valence-electron chi connectivity index (χ1n) is 6.79. The van der Waals surface area contributed by atoms with Crippen molar-refractivity contribution in [1.82, 2.24) is 14.5 Å². The Morgan fingerprint density at radius 2 is 2.14 bits per heavy atom. The minimum Gasteiger partial charge on any atom is -0.282 e. The molecule has 5 nitrogen and oxygen atoms in total. The van der Waals surface area contributed by atoms with E-state index in [1.807, 2.05) is 0 Å². The highest BCUT2D eigenvalue weighted by Crippen LogP contribution is 2.29. The first kappa shape index (κ1) is 15.0. The molecule has 1 fully saturated rings. The molecule has 1 aliphatic rings. The van der Waals surface area contributed by atoms with Gasteiger partial charge in [0.1, 0.15) is 0 Å². The van der Waals surface area contributed by atoms with Crippen LogP contribution >= 0.6 is 11.8 Å². The van der Waals surface area contributed by atoms with Crippen LogP contribution in [0.25, 0.3) is 11.0 Å². The lowest BCUT2D eigenvalue weighted by atomic mass is 10.3. The van der Waals surface area contributed by atoms with E-state index < -0.39 is 6.55 Å². The van der Waals surface area contributed by atoms with Crippen LogP contribution in [0.5, 0.6) is 0 Å². The third-order valence-electron chi connectivity index (χ3n) is 3.46. The van der Waals surface area contributed by atoms with Crippen molar-refractivity contribution in [3.05, 3.63) is 24.3 Å². The van der Waals surface area contributed by atoms with Crippen molar-refractivity contribution < 1.29 is 18.4 Å². The lowest BCUT2D eigenvalue weighted by molar-refractivity contribution is -0.140. The number of thioether (sulfide) groups is 1. The van der Waals surface area contributed by atoms with E-state index in [2.05, 4.69) is 4.98 Å². The number of para-hydroxylation sites is 2. The van der Waals surface area contributed by atoms with Gasteiger partial charge in [0.05, 0.1) is 16.8 Å². The van der Waals surface area contributed by atoms with E-state index in [9.17, 15) is 18.4 Å². The van der Waals surface area contributed by atoms with Gasteiger partial charge in [-0.2, -0.15) is 8.78 Å². The molecule has 2 heterocycles. The monoisotopic (exact) mass is 325 g/mol. The number of aromatic nitrogens is 2. The largest absolute Gasteiger partial charge is 0.321 e. The van der Waals surface area contributed by atoms with Crippen LogP contribution < -0.4 is 0 Å². The fourth-order valence-corrected chi connectivity index (χ4v) is 3.32. The number of rotatable bonds is 4. The molecule has 1 aliphatic heterocycles. The maximum absolute atomic E-state index is 13.2. The van der Waals surface area contributed by atoms with Crippen LogP contribution in [-0.4, -0.2) is 38.6 Å². The highest BCUT2D eigenvalue weighted by atomic mass is 32.2. The second-order valence-corrected chi connectivity index (χ2v) is 5.80. The van der Waals surface area contributed by atoms with E-state index >= 15 is 0 Å². The molecule has 2 amide bonds. The van der Waals surface area contributed by atoms with Crippen LogP contribution in [0.3, 0.4) is 0 Å². The Hall–Kier alpha value is -1.96. The van der Waals surface area contributed by atoms with Crippen molar-refractivity contribution in [1.29, 1.82) is 0 Å². The normalized spacial score (nSPS) is 15.2. The maximum Gasteiger partial charge on any atom is 0.321 e. The number of likely N-dealkylation sites (tertiary alicyclic amines) is 1. The number of hydrogen-bond donors (Lipinski definition) is 0. The zero-order chi connectivity index (χ0) is 15.7. The highest BCUT2D eigenvalue weighted by molar-refractivity contribution is 7.99. The molecule has 0 radical (unpaired) electrons. The molecule has 0 bridgehead atoms. The van der Waals surface area contributed by atoms with Gasteiger partial charge in [-0.1, -0.05) is 23.9 Å². The zero-order valence-corrected chi connectivity index (χ0v) is 12.4. The second-order valence-electron chi connectivity index (χ2n) is 4.86. The van der Waals surface area contributed by atoms with Crippen LogP contribution in [0.15, 0.2) is 29.4 Å². The number of carbonyl (C=O) groups excluding carboxylic acids is 2. The molecule has 0 unspecified atom stereocenters. The number of fused-ring (bicyclic) bond motifs is 1. The maximum atomic E-state index is 13.2. The van der Waals surface area contributed by atoms with Gasteiger partial charge in [-0.25, -0.2) is 4.98 Å². The molecule has 0 atom stereocenters. The lowest BCUT2D eigenvalue weighted by Crippen LogP contribution is -2.33. The van der Waals surface area contributed by atoms with E-state index in [0.29, 0.717) is 30.4 Å². The van der Waals surface area contributed by atoms with Crippen molar-refractivity contribution in [2.24, 2.45) is 0 Å². The zero-order valence-electron chi connectivity index (χ0n) is 11.5. The van der Waals surface area contributed by atoms with Crippen molar-refractivity contribution >= 4 is 34.6 Å². The Morgan fingerprint density at radius 1 is 1.36 bits per heavy atom. The van der Waals surface area contributed by atoms with Gasteiger partial charge in [-0.15, -0.1) is 0 Å². The number of amides is 2. The van der Waals surface area contributed by atoms with Crippen molar-refractivity contribution in [2.75, 3.05) is 12.3 Å². The summed E-state index contributed by atoms with van der Waals surface area (Å²) in [7, 11) is 0. The van der Waals surface area contributed by atoms with Crippen LogP contribution in [0.2, 0.25) is 0 Å². The first-order valence-corrected chi connectivity index (χ1v) is 7.77. The minimum atomic E-state index is -2.74. The summed E-state index contributed by atoms with van der Waals surface area (Å²) in [5.41, 5.74) is 0.777. The molecule has 0 spiro atoms. The van der Waals surface area contributed by atoms with E-state index in [4.69, 9.17) is 0 Å². The Balaban J connectivity index is 1.80. The van der Waals surface area contributed by atoms with Crippen molar-refractivity contribution in [3.63, 3.8) is 0 Å². The molecule has 1 aromatic heterocycles. The molecule has 1 aromatic carbocycles. The minimum absolute atomic E-state index is 0.0798. The average molecular weight is 325 g/mol. The topological polar surface area (TPSA) is 55.2 Å². The summed E-state index contributed by atoms with van der Waals surface area (Å²) < 4.78 is 27.3.